The van der Waals surface area contributed by atoms with E-state index >= 15 is 0 Å². The van der Waals surface area contributed by atoms with Crippen LogP contribution >= 0.6 is 11.8 Å². The molecular formula is C22H22N2O4S. The van der Waals surface area contributed by atoms with Gasteiger partial charge < -0.3 is 15.0 Å². The van der Waals surface area contributed by atoms with Gasteiger partial charge in [0.15, 0.2) is 6.61 Å². The highest BCUT2D eigenvalue weighted by Gasteiger charge is 2.57. The van der Waals surface area contributed by atoms with Crippen LogP contribution in [0.1, 0.15) is 24.0 Å². The molecule has 2 aliphatic rings. The number of nitrogens with one attached hydrogen (secondary N) is 1. The summed E-state index contributed by atoms with van der Waals surface area (Å²) in [6, 6.07) is 16.5. The van der Waals surface area contributed by atoms with E-state index in [1.165, 1.54) is 0 Å². The molecule has 0 aliphatic carbocycles. The van der Waals surface area contributed by atoms with Crippen LogP contribution in [0.2, 0.25) is 0 Å². The highest BCUT2D eigenvalue weighted by Crippen LogP contribution is 2.54. The van der Waals surface area contributed by atoms with Crippen LogP contribution in [0.3, 0.4) is 0 Å². The molecule has 29 heavy (non-hydrogen) atoms. The molecule has 0 aromatic heterocycles. The number of fused-ring (bicyclic) bond motifs is 1. The van der Waals surface area contributed by atoms with E-state index < -0.39 is 22.8 Å². The number of amides is 2. The van der Waals surface area contributed by atoms with E-state index in [9.17, 15) is 14.4 Å². The zero-order valence-electron chi connectivity index (χ0n) is 16.1. The summed E-state index contributed by atoms with van der Waals surface area (Å²) in [5, 5.41) is 2.74. The number of esters is 1. The molecule has 150 valence electrons. The Hall–Kier alpha value is -2.80. The maximum atomic E-state index is 12.7. The fraction of sp³-hybridized carbons (Fsp3) is 0.318. The maximum absolute atomic E-state index is 12.7. The molecule has 0 saturated carbocycles. The van der Waals surface area contributed by atoms with Crippen LogP contribution in [0, 0.1) is 6.92 Å². The Morgan fingerprint density at radius 1 is 1.17 bits per heavy atom. The summed E-state index contributed by atoms with van der Waals surface area (Å²) in [6.45, 7) is 1.51. The van der Waals surface area contributed by atoms with Crippen molar-refractivity contribution in [3.63, 3.8) is 0 Å². The number of hydrogen-bond acceptors (Lipinski definition) is 5. The van der Waals surface area contributed by atoms with Gasteiger partial charge in [-0.1, -0.05) is 48.5 Å². The molecule has 4 rings (SSSR count). The largest absolute Gasteiger partial charge is 0.454 e. The minimum absolute atomic E-state index is 0.0508. The van der Waals surface area contributed by atoms with E-state index in [1.807, 2.05) is 55.5 Å². The third-order valence-electron chi connectivity index (χ3n) is 5.39. The molecule has 0 radical (unpaired) electrons. The number of hydrogen-bond donors (Lipinski definition) is 1. The van der Waals surface area contributed by atoms with E-state index in [0.29, 0.717) is 24.3 Å². The lowest BCUT2D eigenvalue weighted by atomic mass is 10.0. The number of para-hydroxylation sites is 1. The minimum Gasteiger partial charge on any atom is -0.454 e. The van der Waals surface area contributed by atoms with Crippen LogP contribution in [0.25, 0.3) is 0 Å². The molecule has 2 aliphatic heterocycles. The summed E-state index contributed by atoms with van der Waals surface area (Å²) in [4.78, 5) is 38.6. The van der Waals surface area contributed by atoms with Crippen molar-refractivity contribution in [3.8, 4) is 0 Å². The van der Waals surface area contributed by atoms with Gasteiger partial charge in [0.05, 0.1) is 0 Å². The van der Waals surface area contributed by atoms with Crippen molar-refractivity contribution in [1.82, 2.24) is 4.90 Å². The van der Waals surface area contributed by atoms with Crippen molar-refractivity contribution in [2.45, 2.75) is 30.7 Å². The average molecular weight is 410 g/mol. The lowest BCUT2D eigenvalue weighted by Crippen LogP contribution is -2.47. The number of ether oxygens (including phenoxy) is 1. The Morgan fingerprint density at radius 2 is 1.90 bits per heavy atom. The maximum Gasteiger partial charge on any atom is 0.330 e. The van der Waals surface area contributed by atoms with Crippen LogP contribution in [-0.4, -0.2) is 41.1 Å². The van der Waals surface area contributed by atoms with Gasteiger partial charge >= 0.3 is 5.97 Å². The normalized spacial score (nSPS) is 23.0. The van der Waals surface area contributed by atoms with Crippen molar-refractivity contribution < 1.29 is 19.1 Å². The highest BCUT2D eigenvalue weighted by molar-refractivity contribution is 8.00. The number of carbonyl (C=O) groups excluding carboxylic acids is 3. The Bertz CT molecular complexity index is 949. The van der Waals surface area contributed by atoms with Crippen molar-refractivity contribution >= 4 is 35.2 Å². The quantitative estimate of drug-likeness (QED) is 0.767. The Kier molecular flexibility index (Phi) is 5.32. The standard InChI is InChI=1S/C22H22N2O4S/c1-15-7-5-6-10-17(15)23-19(25)13-28-21(27)18-14-29-22(12-11-20(26)24(18)22)16-8-3-2-4-9-16/h2-10,18H,11-14H2,1H3,(H,23,25)/t18-,22-/m1/s1. The van der Waals surface area contributed by atoms with Crippen LogP contribution in [-0.2, 0) is 24.0 Å². The Labute approximate surface area is 173 Å². The van der Waals surface area contributed by atoms with Crippen molar-refractivity contribution in [2.75, 3.05) is 17.7 Å². The summed E-state index contributed by atoms with van der Waals surface area (Å²) in [5.74, 6) is -0.533. The van der Waals surface area contributed by atoms with Gasteiger partial charge in [0.2, 0.25) is 5.91 Å². The summed E-state index contributed by atoms with van der Waals surface area (Å²) in [6.07, 6.45) is 1.07. The monoisotopic (exact) mass is 410 g/mol. The molecule has 6 nitrogen and oxygen atoms in total. The third kappa shape index (κ3) is 3.62. The van der Waals surface area contributed by atoms with Crippen LogP contribution in [0.15, 0.2) is 54.6 Å². The molecule has 2 heterocycles. The summed E-state index contributed by atoms with van der Waals surface area (Å²) < 4.78 is 5.28. The predicted molar refractivity (Wildman–Crippen MR) is 111 cm³/mol. The number of rotatable bonds is 5. The smallest absolute Gasteiger partial charge is 0.330 e. The lowest BCUT2D eigenvalue weighted by Gasteiger charge is -2.33. The van der Waals surface area contributed by atoms with Gasteiger partial charge in [-0.15, -0.1) is 11.8 Å². The molecule has 1 N–H and O–H groups in total. The second-order valence-electron chi connectivity index (χ2n) is 7.21. The summed E-state index contributed by atoms with van der Waals surface area (Å²) in [7, 11) is 0. The predicted octanol–water partition coefficient (Wildman–Crippen LogP) is 3.07. The molecule has 2 amide bonds. The van der Waals surface area contributed by atoms with Gasteiger partial charge in [-0.05, 0) is 30.5 Å². The van der Waals surface area contributed by atoms with Crippen LogP contribution in [0.5, 0.6) is 0 Å². The zero-order valence-corrected chi connectivity index (χ0v) is 16.9. The first-order chi connectivity index (χ1) is 14.0. The molecule has 2 atom stereocenters. The van der Waals surface area contributed by atoms with E-state index in [0.717, 1.165) is 11.1 Å². The second kappa shape index (κ2) is 7.91. The first-order valence-electron chi connectivity index (χ1n) is 9.55. The molecule has 7 heteroatoms. The van der Waals surface area contributed by atoms with Crippen molar-refractivity contribution in [2.24, 2.45) is 0 Å². The van der Waals surface area contributed by atoms with E-state index in [2.05, 4.69) is 5.32 Å². The SMILES string of the molecule is Cc1ccccc1NC(=O)COC(=O)[C@H]1CS[C@@]2(c3ccccc3)CCC(=O)N12. The fourth-order valence-electron chi connectivity index (χ4n) is 3.95. The number of benzene rings is 2. The average Bonchev–Trinajstić information content (AvgIpc) is 3.28. The molecule has 2 saturated heterocycles. The number of anilines is 1. The fourth-order valence-corrected chi connectivity index (χ4v) is 5.58. The molecule has 0 bridgehead atoms. The first-order valence-corrected chi connectivity index (χ1v) is 10.5. The van der Waals surface area contributed by atoms with E-state index in [1.54, 1.807) is 22.7 Å². The minimum atomic E-state index is -0.679. The second-order valence-corrected chi connectivity index (χ2v) is 8.51. The molecule has 2 aromatic carbocycles. The topological polar surface area (TPSA) is 75.7 Å². The summed E-state index contributed by atoms with van der Waals surface area (Å²) >= 11 is 1.60. The number of thioether (sulfide) groups is 1. The Morgan fingerprint density at radius 3 is 2.66 bits per heavy atom. The van der Waals surface area contributed by atoms with Gasteiger partial charge in [0.25, 0.3) is 5.91 Å². The van der Waals surface area contributed by atoms with E-state index in [-0.39, 0.29) is 12.5 Å². The van der Waals surface area contributed by atoms with Crippen molar-refractivity contribution in [1.29, 1.82) is 0 Å². The van der Waals surface area contributed by atoms with Gasteiger partial charge in [0.1, 0.15) is 10.9 Å². The molecule has 2 aromatic rings. The molecular weight excluding hydrogens is 388 g/mol. The number of aryl methyl sites for hydroxylation is 1. The highest BCUT2D eigenvalue weighted by atomic mass is 32.2. The molecule has 0 unspecified atom stereocenters. The number of nitrogens with zero attached hydrogens (tertiary/aromatic N) is 1. The van der Waals surface area contributed by atoms with Gasteiger partial charge in [-0.25, -0.2) is 4.79 Å². The van der Waals surface area contributed by atoms with Gasteiger partial charge in [0, 0.05) is 17.9 Å². The van der Waals surface area contributed by atoms with Crippen molar-refractivity contribution in [3.05, 3.63) is 65.7 Å². The van der Waals surface area contributed by atoms with Gasteiger partial charge in [-0.3, -0.25) is 9.59 Å². The van der Waals surface area contributed by atoms with Crippen LogP contribution < -0.4 is 5.32 Å². The number of carbonyl (C=O) groups is 3. The lowest BCUT2D eigenvalue weighted by molar-refractivity contribution is -0.155. The summed E-state index contributed by atoms with van der Waals surface area (Å²) in [5.41, 5.74) is 2.63. The van der Waals surface area contributed by atoms with Crippen LogP contribution in [0.4, 0.5) is 5.69 Å². The molecule has 0 spiro atoms. The van der Waals surface area contributed by atoms with E-state index in [4.69, 9.17) is 4.74 Å². The zero-order chi connectivity index (χ0) is 20.4. The Balaban J connectivity index is 1.42. The first kappa shape index (κ1) is 19.5. The molecule has 2 fully saturated rings. The van der Waals surface area contributed by atoms with Gasteiger partial charge in [-0.2, -0.15) is 0 Å². The third-order valence-corrected chi connectivity index (χ3v) is 6.99.